The molecule has 0 amide bonds. The molecule has 1 atom stereocenters. The number of benzene rings is 1. The number of carbonyl (C=O) groups is 1. The lowest BCUT2D eigenvalue weighted by atomic mass is 10.3. The van der Waals surface area contributed by atoms with E-state index in [-0.39, 0.29) is 0 Å². The molecule has 2 rings (SSSR count). The van der Waals surface area contributed by atoms with Crippen molar-refractivity contribution in [3.05, 3.63) is 42.6 Å². The van der Waals surface area contributed by atoms with Gasteiger partial charge in [-0.15, -0.1) is 0 Å². The molecule has 0 aromatic heterocycles. The molecule has 0 spiro atoms. The summed E-state index contributed by atoms with van der Waals surface area (Å²) in [5.41, 5.74) is 3.71. The van der Waals surface area contributed by atoms with Crippen molar-refractivity contribution in [2.45, 2.75) is 4.45 Å². The van der Waals surface area contributed by atoms with Crippen LogP contribution in [0.2, 0.25) is 0 Å². The van der Waals surface area contributed by atoms with Gasteiger partial charge in [-0.05, 0) is 34.1 Å². The van der Waals surface area contributed by atoms with Crippen molar-refractivity contribution < 1.29 is 9.90 Å². The summed E-state index contributed by atoms with van der Waals surface area (Å²) in [6.45, 7) is 0. The highest BCUT2D eigenvalue weighted by atomic mass is 79.9. The van der Waals surface area contributed by atoms with Gasteiger partial charge in [-0.3, -0.25) is 5.01 Å². The maximum atomic E-state index is 10.9. The van der Waals surface area contributed by atoms with Crippen LogP contribution in [0.25, 0.3) is 0 Å². The number of carboxylic acids is 1. The molecule has 1 aromatic rings. The highest BCUT2D eigenvalue weighted by molar-refractivity contribution is 9.10. The fourth-order valence-electron chi connectivity index (χ4n) is 1.29. The fraction of sp³-hybridized carbons (Fsp3) is 0.100. The molecule has 0 radical (unpaired) electrons. The van der Waals surface area contributed by atoms with Gasteiger partial charge < -0.3 is 5.11 Å². The van der Waals surface area contributed by atoms with Crippen LogP contribution in [-0.4, -0.2) is 15.5 Å². The molecule has 1 aliphatic heterocycles. The van der Waals surface area contributed by atoms with Crippen LogP contribution < -0.4 is 10.4 Å². The Balaban J connectivity index is 2.19. The van der Waals surface area contributed by atoms with Crippen molar-refractivity contribution in [3.63, 3.8) is 0 Å². The van der Waals surface area contributed by atoms with Crippen LogP contribution in [-0.2, 0) is 4.79 Å². The predicted octanol–water partition coefficient (Wildman–Crippen LogP) is 1.70. The predicted molar refractivity (Wildman–Crippen MR) is 60.5 cm³/mol. The van der Waals surface area contributed by atoms with Crippen molar-refractivity contribution >= 4 is 27.6 Å². The van der Waals surface area contributed by atoms with E-state index in [9.17, 15) is 4.79 Å². The molecular weight excluding hydrogens is 260 g/mol. The SMILES string of the molecule is O=C(O)C1(Br)C=CN(c2ccccc2)N1. The van der Waals surface area contributed by atoms with Crippen LogP contribution in [0, 0.1) is 0 Å². The third-order valence-electron chi connectivity index (χ3n) is 2.08. The summed E-state index contributed by atoms with van der Waals surface area (Å²) < 4.78 is -1.21. The first kappa shape index (κ1) is 10.2. The molecule has 0 aliphatic carbocycles. The Bertz CT molecular complexity index is 407. The number of carboxylic acid groups (broad SMARTS) is 1. The molecule has 2 N–H and O–H groups in total. The van der Waals surface area contributed by atoms with Crippen LogP contribution in [0.1, 0.15) is 0 Å². The van der Waals surface area contributed by atoms with Gasteiger partial charge in [0.25, 0.3) is 0 Å². The van der Waals surface area contributed by atoms with Gasteiger partial charge in [-0.2, -0.15) is 5.43 Å². The van der Waals surface area contributed by atoms with E-state index >= 15 is 0 Å². The second kappa shape index (κ2) is 3.67. The van der Waals surface area contributed by atoms with Gasteiger partial charge in [-0.25, -0.2) is 4.79 Å². The van der Waals surface area contributed by atoms with E-state index in [1.54, 1.807) is 17.3 Å². The number of hydrogen-bond acceptors (Lipinski definition) is 3. The maximum Gasteiger partial charge on any atom is 0.340 e. The highest BCUT2D eigenvalue weighted by Gasteiger charge is 2.38. The molecule has 15 heavy (non-hydrogen) atoms. The number of nitrogens with zero attached hydrogens (tertiary/aromatic N) is 1. The number of aliphatic carboxylic acids is 1. The normalized spacial score (nSPS) is 24.5. The Labute approximate surface area is 95.3 Å². The van der Waals surface area contributed by atoms with Crippen molar-refractivity contribution in [2.24, 2.45) is 0 Å². The lowest BCUT2D eigenvalue weighted by Gasteiger charge is -2.22. The monoisotopic (exact) mass is 268 g/mol. The maximum absolute atomic E-state index is 10.9. The number of halogens is 1. The average Bonchev–Trinajstić information content (AvgIpc) is 2.64. The average molecular weight is 269 g/mol. The summed E-state index contributed by atoms with van der Waals surface area (Å²) in [6.07, 6.45) is 3.22. The number of hydrazine groups is 1. The summed E-state index contributed by atoms with van der Waals surface area (Å²) >= 11 is 3.11. The van der Waals surface area contributed by atoms with Crippen molar-refractivity contribution in [1.82, 2.24) is 5.43 Å². The van der Waals surface area contributed by atoms with Crippen LogP contribution in [0.4, 0.5) is 5.69 Å². The first-order valence-corrected chi connectivity index (χ1v) is 5.15. The summed E-state index contributed by atoms with van der Waals surface area (Å²) in [6, 6.07) is 9.46. The van der Waals surface area contributed by atoms with E-state index in [0.29, 0.717) is 0 Å². The number of anilines is 1. The van der Waals surface area contributed by atoms with E-state index in [1.807, 2.05) is 30.3 Å². The Morgan fingerprint density at radius 2 is 2.07 bits per heavy atom. The minimum Gasteiger partial charge on any atom is -0.479 e. The smallest absolute Gasteiger partial charge is 0.340 e. The molecule has 5 heteroatoms. The highest BCUT2D eigenvalue weighted by Crippen LogP contribution is 2.26. The van der Waals surface area contributed by atoms with Crippen LogP contribution >= 0.6 is 15.9 Å². The number of para-hydroxylation sites is 1. The van der Waals surface area contributed by atoms with Gasteiger partial charge in [0.15, 0.2) is 0 Å². The number of nitrogens with one attached hydrogen (secondary N) is 1. The molecule has 4 nitrogen and oxygen atoms in total. The number of hydrogen-bond donors (Lipinski definition) is 2. The summed E-state index contributed by atoms with van der Waals surface area (Å²) in [7, 11) is 0. The molecule has 1 unspecified atom stereocenters. The number of alkyl halides is 1. The van der Waals surface area contributed by atoms with Gasteiger partial charge >= 0.3 is 5.97 Å². The lowest BCUT2D eigenvalue weighted by molar-refractivity contribution is -0.138. The first-order chi connectivity index (χ1) is 7.12. The zero-order valence-corrected chi connectivity index (χ0v) is 9.31. The first-order valence-electron chi connectivity index (χ1n) is 4.35. The molecule has 1 aromatic carbocycles. The Morgan fingerprint density at radius 1 is 1.40 bits per heavy atom. The Hall–Kier alpha value is -1.33. The van der Waals surface area contributed by atoms with E-state index < -0.39 is 10.4 Å². The zero-order chi connectivity index (χ0) is 10.9. The van der Waals surface area contributed by atoms with Crippen LogP contribution in [0.5, 0.6) is 0 Å². The Morgan fingerprint density at radius 3 is 2.60 bits per heavy atom. The van der Waals surface area contributed by atoms with Gasteiger partial charge in [0.1, 0.15) is 0 Å². The van der Waals surface area contributed by atoms with E-state index in [2.05, 4.69) is 21.4 Å². The van der Waals surface area contributed by atoms with Gasteiger partial charge in [0.05, 0.1) is 5.69 Å². The molecule has 0 bridgehead atoms. The van der Waals surface area contributed by atoms with E-state index in [1.165, 1.54) is 0 Å². The molecule has 0 saturated heterocycles. The zero-order valence-electron chi connectivity index (χ0n) is 7.72. The molecule has 1 heterocycles. The minimum absolute atomic E-state index is 0.885. The van der Waals surface area contributed by atoms with E-state index in [0.717, 1.165) is 5.69 Å². The van der Waals surface area contributed by atoms with Crippen molar-refractivity contribution in [2.75, 3.05) is 5.01 Å². The molecular formula is C10H9BrN2O2. The van der Waals surface area contributed by atoms with E-state index in [4.69, 9.17) is 5.11 Å². The molecule has 78 valence electrons. The van der Waals surface area contributed by atoms with Gasteiger partial charge in [-0.1, -0.05) is 18.2 Å². The summed E-state index contributed by atoms with van der Waals surface area (Å²) in [4.78, 5) is 10.9. The molecule has 0 saturated carbocycles. The topological polar surface area (TPSA) is 52.6 Å². The van der Waals surface area contributed by atoms with Crippen molar-refractivity contribution in [1.29, 1.82) is 0 Å². The second-order valence-corrected chi connectivity index (χ2v) is 4.40. The largest absolute Gasteiger partial charge is 0.479 e. The molecule has 0 fully saturated rings. The fourth-order valence-corrected chi connectivity index (χ4v) is 1.59. The summed E-state index contributed by atoms with van der Waals surface area (Å²) in [5, 5.41) is 10.6. The van der Waals surface area contributed by atoms with Gasteiger partial charge in [0, 0.05) is 6.20 Å². The van der Waals surface area contributed by atoms with Gasteiger partial charge in [0.2, 0.25) is 4.45 Å². The van der Waals surface area contributed by atoms with Crippen LogP contribution in [0.3, 0.4) is 0 Å². The molecule has 1 aliphatic rings. The standard InChI is InChI=1S/C10H9BrN2O2/c11-10(9(14)15)6-7-13(12-10)8-4-2-1-3-5-8/h1-7,12H,(H,14,15). The summed E-state index contributed by atoms with van der Waals surface area (Å²) in [5.74, 6) is -0.975. The third kappa shape index (κ3) is 1.88. The lowest BCUT2D eigenvalue weighted by Crippen LogP contribution is -2.47. The van der Waals surface area contributed by atoms with Crippen molar-refractivity contribution in [3.8, 4) is 0 Å². The Kier molecular flexibility index (Phi) is 2.50. The minimum atomic E-state index is -1.21. The third-order valence-corrected chi connectivity index (χ3v) is 2.86. The number of rotatable bonds is 2. The van der Waals surface area contributed by atoms with Crippen LogP contribution in [0.15, 0.2) is 42.6 Å². The second-order valence-electron chi connectivity index (χ2n) is 3.15. The quantitative estimate of drug-likeness (QED) is 0.633.